The first-order valence-electron chi connectivity index (χ1n) is 7.44. The van der Waals surface area contributed by atoms with Gasteiger partial charge in [0.05, 0.1) is 5.02 Å². The Morgan fingerprint density at radius 3 is 2.47 bits per heavy atom. The Balaban J connectivity index is 2.18. The Hall–Kier alpha value is -0.730. The van der Waals surface area contributed by atoms with Crippen molar-refractivity contribution in [2.24, 2.45) is 5.73 Å². The highest BCUT2D eigenvalue weighted by Crippen LogP contribution is 2.46. The topological polar surface area (TPSA) is 46.2 Å². The molecule has 0 unspecified atom stereocenters. The van der Waals surface area contributed by atoms with Crippen molar-refractivity contribution in [3.63, 3.8) is 0 Å². The highest BCUT2D eigenvalue weighted by molar-refractivity contribution is 6.32. The van der Waals surface area contributed by atoms with Crippen LogP contribution in [0.3, 0.4) is 0 Å². The summed E-state index contributed by atoms with van der Waals surface area (Å²) in [7, 11) is 0. The largest absolute Gasteiger partial charge is 0.506 e. The number of hydrogen-bond acceptors (Lipinski definition) is 2. The van der Waals surface area contributed by atoms with Gasteiger partial charge >= 0.3 is 0 Å². The summed E-state index contributed by atoms with van der Waals surface area (Å²) in [5.41, 5.74) is 9.82. The van der Waals surface area contributed by atoms with Crippen molar-refractivity contribution < 1.29 is 5.11 Å². The summed E-state index contributed by atoms with van der Waals surface area (Å²) >= 11 is 6.24. The number of fused-ring (bicyclic) bond motifs is 1. The Morgan fingerprint density at radius 1 is 1.05 bits per heavy atom. The summed E-state index contributed by atoms with van der Waals surface area (Å²) in [4.78, 5) is 0. The van der Waals surface area contributed by atoms with E-state index in [-0.39, 0.29) is 11.3 Å². The van der Waals surface area contributed by atoms with Gasteiger partial charge in [0.2, 0.25) is 0 Å². The number of aryl methyl sites for hydroxylation is 1. The summed E-state index contributed by atoms with van der Waals surface area (Å²) in [6.45, 7) is 0. The molecule has 0 spiro atoms. The molecule has 2 aliphatic rings. The van der Waals surface area contributed by atoms with Crippen LogP contribution < -0.4 is 5.73 Å². The lowest BCUT2D eigenvalue weighted by Gasteiger charge is -2.29. The zero-order valence-corrected chi connectivity index (χ0v) is 12.1. The lowest BCUT2D eigenvalue weighted by atomic mass is 9.82. The molecule has 3 rings (SSSR count). The first-order chi connectivity index (χ1) is 9.12. The van der Waals surface area contributed by atoms with Crippen molar-refractivity contribution in [2.75, 3.05) is 0 Å². The third-order valence-corrected chi connectivity index (χ3v) is 5.11. The fourth-order valence-electron chi connectivity index (χ4n) is 3.83. The molecule has 0 heterocycles. The second-order valence-corrected chi connectivity index (χ2v) is 6.55. The maximum absolute atomic E-state index is 10.5. The maximum atomic E-state index is 10.5. The zero-order chi connectivity index (χ0) is 13.5. The number of aromatic hydroxyl groups is 1. The molecule has 1 fully saturated rings. The zero-order valence-electron chi connectivity index (χ0n) is 11.3. The Labute approximate surface area is 120 Å². The predicted octanol–water partition coefficient (Wildman–Crippen LogP) is 4.04. The van der Waals surface area contributed by atoms with Crippen LogP contribution in [-0.2, 0) is 18.4 Å². The van der Waals surface area contributed by atoms with Gasteiger partial charge in [-0.25, -0.2) is 0 Å². The quantitative estimate of drug-likeness (QED) is 0.762. The molecular weight excluding hydrogens is 258 g/mol. The number of hydrogen-bond donors (Lipinski definition) is 2. The molecular formula is C16H22ClNO. The third kappa shape index (κ3) is 2.25. The van der Waals surface area contributed by atoms with E-state index < -0.39 is 0 Å². The van der Waals surface area contributed by atoms with E-state index in [0.717, 1.165) is 44.1 Å². The smallest absolute Gasteiger partial charge is 0.139 e. The van der Waals surface area contributed by atoms with Gasteiger partial charge in [-0.3, -0.25) is 0 Å². The number of nitrogens with two attached hydrogens (primary N) is 1. The molecule has 0 saturated heterocycles. The number of benzene rings is 1. The predicted molar refractivity (Wildman–Crippen MR) is 78.7 cm³/mol. The van der Waals surface area contributed by atoms with Gasteiger partial charge in [-0.15, -0.1) is 0 Å². The molecule has 0 amide bonds. The number of phenols is 1. The molecule has 1 aromatic rings. The summed E-state index contributed by atoms with van der Waals surface area (Å²) < 4.78 is 0. The van der Waals surface area contributed by atoms with E-state index >= 15 is 0 Å². The van der Waals surface area contributed by atoms with Crippen molar-refractivity contribution in [1.82, 2.24) is 0 Å². The molecule has 19 heavy (non-hydrogen) atoms. The van der Waals surface area contributed by atoms with Crippen molar-refractivity contribution in [3.8, 4) is 5.75 Å². The lowest BCUT2D eigenvalue weighted by molar-refractivity contribution is 0.405. The SMILES string of the molecule is NC1(c2c(O)c(Cl)cc3c2CCCCC3)CCCC1. The van der Waals surface area contributed by atoms with Gasteiger partial charge < -0.3 is 10.8 Å². The molecule has 2 aliphatic carbocycles. The number of phenolic OH excluding ortho intramolecular Hbond substituents is 1. The lowest BCUT2D eigenvalue weighted by Crippen LogP contribution is -2.34. The van der Waals surface area contributed by atoms with Crippen LogP contribution in [0, 0.1) is 0 Å². The minimum absolute atomic E-state index is 0.242. The van der Waals surface area contributed by atoms with Crippen molar-refractivity contribution in [1.29, 1.82) is 0 Å². The molecule has 3 heteroatoms. The standard InChI is InChI=1S/C16H22ClNO/c17-13-10-11-6-2-1-3-7-12(11)14(15(13)19)16(18)8-4-5-9-16/h10,19H,1-9,18H2. The van der Waals surface area contributed by atoms with Crippen LogP contribution in [0.5, 0.6) is 5.75 Å². The number of halogens is 1. The Bertz CT molecular complexity index is 492. The van der Waals surface area contributed by atoms with Gasteiger partial charge in [0.15, 0.2) is 0 Å². The van der Waals surface area contributed by atoms with E-state index in [1.165, 1.54) is 30.4 Å². The van der Waals surface area contributed by atoms with Crippen LogP contribution in [0.2, 0.25) is 5.02 Å². The second-order valence-electron chi connectivity index (χ2n) is 6.14. The van der Waals surface area contributed by atoms with Crippen molar-refractivity contribution >= 4 is 11.6 Å². The van der Waals surface area contributed by atoms with Gasteiger partial charge in [0.1, 0.15) is 5.75 Å². The van der Waals surface area contributed by atoms with E-state index in [4.69, 9.17) is 17.3 Å². The van der Waals surface area contributed by atoms with Crippen LogP contribution in [0.1, 0.15) is 61.6 Å². The molecule has 0 radical (unpaired) electrons. The van der Waals surface area contributed by atoms with Gasteiger partial charge in [0, 0.05) is 11.1 Å². The van der Waals surface area contributed by atoms with Crippen LogP contribution >= 0.6 is 11.6 Å². The summed E-state index contributed by atoms with van der Waals surface area (Å²) in [6.07, 6.45) is 9.99. The van der Waals surface area contributed by atoms with Crippen LogP contribution in [0.4, 0.5) is 0 Å². The fraction of sp³-hybridized carbons (Fsp3) is 0.625. The van der Waals surface area contributed by atoms with Crippen LogP contribution in [0.15, 0.2) is 6.07 Å². The van der Waals surface area contributed by atoms with E-state index in [9.17, 15) is 5.11 Å². The average Bonchev–Trinajstić information content (AvgIpc) is 2.68. The van der Waals surface area contributed by atoms with E-state index in [1.807, 2.05) is 6.07 Å². The van der Waals surface area contributed by atoms with E-state index in [0.29, 0.717) is 5.02 Å². The summed E-state index contributed by atoms with van der Waals surface area (Å²) in [5, 5.41) is 10.9. The van der Waals surface area contributed by atoms with Gasteiger partial charge in [-0.2, -0.15) is 0 Å². The van der Waals surface area contributed by atoms with Crippen LogP contribution in [-0.4, -0.2) is 5.11 Å². The monoisotopic (exact) mass is 279 g/mol. The van der Waals surface area contributed by atoms with Crippen molar-refractivity contribution in [3.05, 3.63) is 27.8 Å². The summed E-state index contributed by atoms with van der Waals surface area (Å²) in [5.74, 6) is 0.242. The molecule has 3 N–H and O–H groups in total. The molecule has 104 valence electrons. The van der Waals surface area contributed by atoms with Gasteiger partial charge in [-0.1, -0.05) is 30.9 Å². The molecule has 2 nitrogen and oxygen atoms in total. The molecule has 0 aliphatic heterocycles. The highest BCUT2D eigenvalue weighted by Gasteiger charge is 2.37. The first-order valence-corrected chi connectivity index (χ1v) is 7.82. The Morgan fingerprint density at radius 2 is 1.74 bits per heavy atom. The Kier molecular flexibility index (Phi) is 3.48. The highest BCUT2D eigenvalue weighted by atomic mass is 35.5. The average molecular weight is 280 g/mol. The minimum atomic E-state index is -0.358. The van der Waals surface area contributed by atoms with Gasteiger partial charge in [-0.05, 0) is 55.7 Å². The maximum Gasteiger partial charge on any atom is 0.139 e. The minimum Gasteiger partial charge on any atom is -0.506 e. The summed E-state index contributed by atoms with van der Waals surface area (Å²) in [6, 6.07) is 1.96. The fourth-order valence-corrected chi connectivity index (χ4v) is 4.05. The first kappa shape index (κ1) is 13.3. The molecule has 1 saturated carbocycles. The molecule has 0 atom stereocenters. The second kappa shape index (κ2) is 4.99. The number of rotatable bonds is 1. The molecule has 0 aromatic heterocycles. The van der Waals surface area contributed by atoms with E-state index in [1.54, 1.807) is 0 Å². The molecule has 1 aromatic carbocycles. The van der Waals surface area contributed by atoms with E-state index in [2.05, 4.69) is 0 Å². The third-order valence-electron chi connectivity index (χ3n) is 4.82. The van der Waals surface area contributed by atoms with Gasteiger partial charge in [0.25, 0.3) is 0 Å². The molecule has 0 bridgehead atoms. The normalized spacial score (nSPS) is 22.0. The van der Waals surface area contributed by atoms with Crippen molar-refractivity contribution in [2.45, 2.75) is 63.3 Å². The van der Waals surface area contributed by atoms with Crippen LogP contribution in [0.25, 0.3) is 0 Å².